The Bertz CT molecular complexity index is 316. The first-order valence-electron chi connectivity index (χ1n) is 5.06. The molecule has 1 aliphatic heterocycles. The lowest BCUT2D eigenvalue weighted by Crippen LogP contribution is -2.20. The molecule has 1 aliphatic rings. The minimum atomic E-state index is -0.155. The molecule has 1 aromatic rings. The Hall–Kier alpha value is -0.890. The van der Waals surface area contributed by atoms with Crippen LogP contribution in [0.5, 0.6) is 0 Å². The van der Waals surface area contributed by atoms with Gasteiger partial charge in [0.2, 0.25) is 0 Å². The van der Waals surface area contributed by atoms with Crippen molar-refractivity contribution in [1.29, 1.82) is 0 Å². The molecular weight excluding hydrogens is 177 g/mol. The van der Waals surface area contributed by atoms with Gasteiger partial charge in [-0.3, -0.25) is 0 Å². The standard InChI is InChI=1S/C12H16FN/c1-12(2)8-14-7-11(12)9-3-5-10(13)6-4-9/h3-6,11,14H,7-8H2,1-2H3. The smallest absolute Gasteiger partial charge is 0.123 e. The lowest BCUT2D eigenvalue weighted by molar-refractivity contribution is 0.363. The van der Waals surface area contributed by atoms with Gasteiger partial charge in [-0.25, -0.2) is 4.39 Å². The van der Waals surface area contributed by atoms with Crippen molar-refractivity contribution in [1.82, 2.24) is 5.32 Å². The molecule has 1 N–H and O–H groups in total. The average molecular weight is 193 g/mol. The van der Waals surface area contributed by atoms with E-state index in [2.05, 4.69) is 19.2 Å². The topological polar surface area (TPSA) is 12.0 Å². The molecule has 0 amide bonds. The lowest BCUT2D eigenvalue weighted by Gasteiger charge is -2.25. The van der Waals surface area contributed by atoms with Crippen LogP contribution >= 0.6 is 0 Å². The third-order valence-electron chi connectivity index (χ3n) is 3.14. The molecule has 0 aliphatic carbocycles. The van der Waals surface area contributed by atoms with Crippen molar-refractivity contribution in [3.63, 3.8) is 0 Å². The molecule has 1 unspecified atom stereocenters. The fourth-order valence-electron chi connectivity index (χ4n) is 2.20. The summed E-state index contributed by atoms with van der Waals surface area (Å²) in [5.74, 6) is 0.348. The van der Waals surface area contributed by atoms with Gasteiger partial charge in [-0.15, -0.1) is 0 Å². The fraction of sp³-hybridized carbons (Fsp3) is 0.500. The Morgan fingerprint density at radius 1 is 1.29 bits per heavy atom. The Labute approximate surface area is 84.3 Å². The predicted octanol–water partition coefficient (Wildman–Crippen LogP) is 2.54. The van der Waals surface area contributed by atoms with Crippen molar-refractivity contribution >= 4 is 0 Å². The highest BCUT2D eigenvalue weighted by Crippen LogP contribution is 2.38. The van der Waals surface area contributed by atoms with E-state index in [4.69, 9.17) is 0 Å². The molecule has 0 bridgehead atoms. The van der Waals surface area contributed by atoms with Gasteiger partial charge in [0.05, 0.1) is 0 Å². The SMILES string of the molecule is CC1(C)CNCC1c1ccc(F)cc1. The predicted molar refractivity (Wildman–Crippen MR) is 55.8 cm³/mol. The lowest BCUT2D eigenvalue weighted by atomic mass is 9.78. The summed E-state index contributed by atoms with van der Waals surface area (Å²) < 4.78 is 12.8. The molecule has 2 rings (SSSR count). The van der Waals surface area contributed by atoms with Crippen molar-refractivity contribution < 1.29 is 4.39 Å². The Kier molecular flexibility index (Phi) is 2.31. The first-order valence-corrected chi connectivity index (χ1v) is 5.06. The maximum atomic E-state index is 12.8. The molecule has 0 spiro atoms. The zero-order valence-corrected chi connectivity index (χ0v) is 8.68. The minimum absolute atomic E-state index is 0.155. The van der Waals surface area contributed by atoms with Crippen LogP contribution in [0.2, 0.25) is 0 Å². The Morgan fingerprint density at radius 2 is 1.93 bits per heavy atom. The summed E-state index contributed by atoms with van der Waals surface area (Å²) in [6, 6.07) is 6.89. The van der Waals surface area contributed by atoms with Crippen LogP contribution < -0.4 is 5.32 Å². The van der Waals surface area contributed by atoms with Gasteiger partial charge in [0.1, 0.15) is 5.82 Å². The third-order valence-corrected chi connectivity index (χ3v) is 3.14. The van der Waals surface area contributed by atoms with Gasteiger partial charge >= 0.3 is 0 Å². The highest BCUT2D eigenvalue weighted by atomic mass is 19.1. The minimum Gasteiger partial charge on any atom is -0.316 e. The fourth-order valence-corrected chi connectivity index (χ4v) is 2.20. The second kappa shape index (κ2) is 3.35. The molecule has 76 valence electrons. The van der Waals surface area contributed by atoms with Gasteiger partial charge in [-0.05, 0) is 23.1 Å². The van der Waals surface area contributed by atoms with E-state index >= 15 is 0 Å². The van der Waals surface area contributed by atoms with Crippen LogP contribution in [-0.2, 0) is 0 Å². The zero-order valence-electron chi connectivity index (χ0n) is 8.68. The first-order chi connectivity index (χ1) is 6.59. The summed E-state index contributed by atoms with van der Waals surface area (Å²) in [7, 11) is 0. The average Bonchev–Trinajstić information content (AvgIpc) is 2.47. The molecule has 1 aromatic carbocycles. The van der Waals surface area contributed by atoms with Crippen molar-refractivity contribution in [2.45, 2.75) is 19.8 Å². The molecule has 1 fully saturated rings. The van der Waals surface area contributed by atoms with E-state index in [0.29, 0.717) is 5.92 Å². The second-order valence-corrected chi connectivity index (χ2v) is 4.72. The quantitative estimate of drug-likeness (QED) is 0.722. The molecule has 0 aromatic heterocycles. The summed E-state index contributed by atoms with van der Waals surface area (Å²) in [5.41, 5.74) is 1.51. The highest BCUT2D eigenvalue weighted by Gasteiger charge is 2.35. The number of rotatable bonds is 1. The van der Waals surface area contributed by atoms with E-state index in [9.17, 15) is 4.39 Å². The highest BCUT2D eigenvalue weighted by molar-refractivity contribution is 5.24. The summed E-state index contributed by atoms with van der Waals surface area (Å²) in [6.45, 7) is 6.54. The van der Waals surface area contributed by atoms with E-state index in [1.54, 1.807) is 12.1 Å². The third kappa shape index (κ3) is 1.67. The number of hydrogen-bond acceptors (Lipinski definition) is 1. The van der Waals surface area contributed by atoms with E-state index in [1.165, 1.54) is 5.56 Å². The van der Waals surface area contributed by atoms with Crippen molar-refractivity contribution in [2.24, 2.45) is 5.41 Å². The Morgan fingerprint density at radius 3 is 2.43 bits per heavy atom. The van der Waals surface area contributed by atoms with Crippen molar-refractivity contribution in [3.05, 3.63) is 35.6 Å². The summed E-state index contributed by atoms with van der Waals surface area (Å²) in [5, 5.41) is 3.38. The van der Waals surface area contributed by atoms with Crippen molar-refractivity contribution in [2.75, 3.05) is 13.1 Å². The van der Waals surface area contributed by atoms with Crippen LogP contribution in [0.4, 0.5) is 4.39 Å². The van der Waals surface area contributed by atoms with Crippen LogP contribution in [0.15, 0.2) is 24.3 Å². The maximum Gasteiger partial charge on any atom is 0.123 e. The number of benzene rings is 1. The Balaban J connectivity index is 2.27. The van der Waals surface area contributed by atoms with Crippen molar-refractivity contribution in [3.8, 4) is 0 Å². The number of nitrogens with one attached hydrogen (secondary N) is 1. The summed E-state index contributed by atoms with van der Waals surface area (Å²) in [4.78, 5) is 0. The normalized spacial score (nSPS) is 25.2. The maximum absolute atomic E-state index is 12.8. The van der Waals surface area contributed by atoms with E-state index in [-0.39, 0.29) is 11.2 Å². The molecule has 1 atom stereocenters. The molecule has 14 heavy (non-hydrogen) atoms. The molecule has 0 saturated carbocycles. The van der Waals surface area contributed by atoms with Crippen LogP contribution in [-0.4, -0.2) is 13.1 Å². The second-order valence-electron chi connectivity index (χ2n) is 4.72. The van der Waals surface area contributed by atoms with Gasteiger partial charge in [-0.2, -0.15) is 0 Å². The largest absolute Gasteiger partial charge is 0.316 e. The van der Waals surface area contributed by atoms with Gasteiger partial charge in [0, 0.05) is 19.0 Å². The van der Waals surface area contributed by atoms with Crippen LogP contribution in [0, 0.1) is 11.2 Å². The molecule has 1 nitrogen and oxygen atoms in total. The van der Waals surface area contributed by atoms with E-state index in [0.717, 1.165) is 13.1 Å². The zero-order chi connectivity index (χ0) is 10.2. The van der Waals surface area contributed by atoms with Crippen LogP contribution in [0.25, 0.3) is 0 Å². The van der Waals surface area contributed by atoms with Crippen LogP contribution in [0.1, 0.15) is 25.3 Å². The van der Waals surface area contributed by atoms with E-state index in [1.807, 2.05) is 12.1 Å². The summed E-state index contributed by atoms with van der Waals surface area (Å²) in [6.07, 6.45) is 0. The molecule has 1 heterocycles. The van der Waals surface area contributed by atoms with Gasteiger partial charge in [0.25, 0.3) is 0 Å². The molecule has 1 saturated heterocycles. The summed E-state index contributed by atoms with van der Waals surface area (Å²) >= 11 is 0. The van der Waals surface area contributed by atoms with E-state index < -0.39 is 0 Å². The number of halogens is 1. The van der Waals surface area contributed by atoms with Crippen LogP contribution in [0.3, 0.4) is 0 Å². The number of hydrogen-bond donors (Lipinski definition) is 1. The molecular formula is C12H16FN. The molecule has 2 heteroatoms. The first kappa shape index (κ1) is 9.66. The van der Waals surface area contributed by atoms with Gasteiger partial charge in [-0.1, -0.05) is 26.0 Å². The van der Waals surface area contributed by atoms with Gasteiger partial charge < -0.3 is 5.32 Å². The molecule has 0 radical (unpaired) electrons. The van der Waals surface area contributed by atoms with Gasteiger partial charge in [0.15, 0.2) is 0 Å². The monoisotopic (exact) mass is 193 g/mol.